The number of rotatable bonds is 13. The van der Waals surface area contributed by atoms with E-state index in [-0.39, 0.29) is 12.1 Å². The third-order valence-corrected chi connectivity index (χ3v) is 6.96. The second kappa shape index (κ2) is 14.1. The molecule has 0 spiro atoms. The number of hydrogen-bond donors (Lipinski definition) is 1. The second-order valence-electron chi connectivity index (χ2n) is 11.4. The Morgan fingerprint density at radius 3 is 2.51 bits per heavy atom. The van der Waals surface area contributed by atoms with E-state index in [1.807, 2.05) is 20.8 Å². The number of unbranched alkanes of at least 4 members (excludes halogenated alkanes) is 3. The standard InChI is InChI=1S/C27H46N4O5S/c1-9-11-12-13-17-34-24-23(29-37-30-24)20-15-14-16-31(8,18-20)21(10-2)35-25(32)22(19(3)4)28-26(33)36-27(5,6)7/h15,19,21-22H,9-14,16-18H2,1-8H3/p+1/t21?,22-,31?/m0/s1. The molecule has 2 rings (SSSR count). The number of amides is 1. The van der Waals surface area contributed by atoms with Crippen LogP contribution in [0, 0.1) is 5.92 Å². The predicted octanol–water partition coefficient (Wildman–Crippen LogP) is 5.56. The Morgan fingerprint density at radius 2 is 1.89 bits per heavy atom. The van der Waals surface area contributed by atoms with Crippen molar-refractivity contribution in [2.24, 2.45) is 5.92 Å². The van der Waals surface area contributed by atoms with Crippen LogP contribution in [0.3, 0.4) is 0 Å². The minimum atomic E-state index is -0.800. The Morgan fingerprint density at radius 1 is 1.16 bits per heavy atom. The summed E-state index contributed by atoms with van der Waals surface area (Å²) < 4.78 is 26.9. The molecular weight excluding hydrogens is 492 g/mol. The maximum absolute atomic E-state index is 13.2. The zero-order chi connectivity index (χ0) is 27.6. The Kier molecular flexibility index (Phi) is 11.8. The normalized spacial score (nSPS) is 19.6. The van der Waals surface area contributed by atoms with E-state index >= 15 is 0 Å². The maximum Gasteiger partial charge on any atom is 0.408 e. The molecule has 10 heteroatoms. The predicted molar refractivity (Wildman–Crippen MR) is 146 cm³/mol. The van der Waals surface area contributed by atoms with Crippen molar-refractivity contribution in [3.63, 3.8) is 0 Å². The first-order valence-electron chi connectivity index (χ1n) is 13.6. The van der Waals surface area contributed by atoms with E-state index in [9.17, 15) is 9.59 Å². The number of ether oxygens (including phenoxy) is 3. The van der Waals surface area contributed by atoms with Crippen LogP contribution in [0.2, 0.25) is 0 Å². The molecule has 0 aromatic carbocycles. The summed E-state index contributed by atoms with van der Waals surface area (Å²) in [4.78, 5) is 25.6. The summed E-state index contributed by atoms with van der Waals surface area (Å²) in [7, 11) is 2.10. The number of alkyl carbamates (subject to hydrolysis) is 1. The van der Waals surface area contributed by atoms with Crippen LogP contribution in [0.1, 0.15) is 92.7 Å². The van der Waals surface area contributed by atoms with Gasteiger partial charge in [0, 0.05) is 18.4 Å². The van der Waals surface area contributed by atoms with Crippen LogP contribution in [-0.2, 0) is 14.3 Å². The van der Waals surface area contributed by atoms with Gasteiger partial charge in [-0.2, -0.15) is 4.37 Å². The zero-order valence-corrected chi connectivity index (χ0v) is 24.8. The van der Waals surface area contributed by atoms with Crippen LogP contribution >= 0.6 is 11.7 Å². The molecule has 1 N–H and O–H groups in total. The van der Waals surface area contributed by atoms with Crippen LogP contribution in [0.4, 0.5) is 4.79 Å². The van der Waals surface area contributed by atoms with Gasteiger partial charge in [-0.3, -0.25) is 4.48 Å². The van der Waals surface area contributed by atoms with E-state index in [4.69, 9.17) is 14.2 Å². The average Bonchev–Trinajstić information content (AvgIpc) is 3.28. The summed E-state index contributed by atoms with van der Waals surface area (Å²) in [6, 6.07) is -0.800. The highest BCUT2D eigenvalue weighted by molar-refractivity contribution is 6.99. The summed E-state index contributed by atoms with van der Waals surface area (Å²) >= 11 is 1.16. The van der Waals surface area contributed by atoms with Gasteiger partial charge < -0.3 is 19.5 Å². The Labute approximate surface area is 226 Å². The van der Waals surface area contributed by atoms with Gasteiger partial charge in [0.15, 0.2) is 0 Å². The smallest absolute Gasteiger partial charge is 0.408 e. The van der Waals surface area contributed by atoms with Crippen molar-refractivity contribution in [3.05, 3.63) is 11.8 Å². The summed E-state index contributed by atoms with van der Waals surface area (Å²) in [6.45, 7) is 15.4. The van der Waals surface area contributed by atoms with Crippen molar-refractivity contribution >= 4 is 29.4 Å². The molecule has 9 nitrogen and oxygen atoms in total. The minimum Gasteiger partial charge on any atom is -0.475 e. The minimum absolute atomic E-state index is 0.155. The molecule has 0 radical (unpaired) electrons. The van der Waals surface area contributed by atoms with Gasteiger partial charge in [-0.15, -0.1) is 4.37 Å². The molecule has 2 unspecified atom stereocenters. The Hall–Kier alpha value is -2.20. The first-order valence-corrected chi connectivity index (χ1v) is 14.3. The van der Waals surface area contributed by atoms with Crippen LogP contribution in [0.5, 0.6) is 5.88 Å². The van der Waals surface area contributed by atoms with Crippen LogP contribution in [0.15, 0.2) is 6.08 Å². The Bertz CT molecular complexity index is 911. The molecular formula is C27H47N4O5S+. The quantitative estimate of drug-likeness (QED) is 0.199. The second-order valence-corrected chi connectivity index (χ2v) is 11.9. The SMILES string of the molecule is CCCCCCOc1nsnc1C1=CCC[N+](C)(C(CC)OC(=O)[C@@H](NC(=O)OC(C)(C)C)C(C)C)C1. The van der Waals surface area contributed by atoms with Crippen molar-refractivity contribution in [2.45, 2.75) is 105 Å². The van der Waals surface area contributed by atoms with E-state index in [1.54, 1.807) is 20.8 Å². The van der Waals surface area contributed by atoms with Gasteiger partial charge in [-0.1, -0.05) is 53.0 Å². The van der Waals surface area contributed by atoms with Crippen molar-refractivity contribution in [2.75, 3.05) is 26.7 Å². The number of quaternary nitrogens is 1. The molecule has 0 saturated carbocycles. The number of nitrogens with one attached hydrogen (secondary N) is 1. The van der Waals surface area contributed by atoms with Gasteiger partial charge in [0.25, 0.3) is 5.88 Å². The van der Waals surface area contributed by atoms with E-state index in [2.05, 4.69) is 34.1 Å². The highest BCUT2D eigenvalue weighted by Gasteiger charge is 2.40. The molecule has 1 aliphatic heterocycles. The van der Waals surface area contributed by atoms with Gasteiger partial charge >= 0.3 is 12.1 Å². The number of carbonyl (C=O) groups is 2. The third-order valence-electron chi connectivity index (χ3n) is 6.45. The molecule has 1 aromatic rings. The molecule has 210 valence electrons. The van der Waals surface area contributed by atoms with Gasteiger partial charge in [0.05, 0.1) is 31.9 Å². The third kappa shape index (κ3) is 9.56. The summed E-state index contributed by atoms with van der Waals surface area (Å²) in [6.07, 6.45) is 7.20. The largest absolute Gasteiger partial charge is 0.475 e. The lowest BCUT2D eigenvalue weighted by Gasteiger charge is -2.43. The highest BCUT2D eigenvalue weighted by Crippen LogP contribution is 2.32. The molecule has 2 heterocycles. The van der Waals surface area contributed by atoms with Gasteiger partial charge in [0.2, 0.25) is 6.23 Å². The molecule has 37 heavy (non-hydrogen) atoms. The average molecular weight is 540 g/mol. The number of aromatic nitrogens is 2. The summed E-state index contributed by atoms with van der Waals surface area (Å²) in [5.74, 6) is -0.0139. The van der Waals surface area contributed by atoms with Crippen LogP contribution in [0.25, 0.3) is 5.57 Å². The molecule has 1 aromatic heterocycles. The molecule has 0 aliphatic carbocycles. The number of esters is 1. The fourth-order valence-electron chi connectivity index (χ4n) is 4.44. The van der Waals surface area contributed by atoms with Crippen molar-refractivity contribution in [3.8, 4) is 5.88 Å². The first kappa shape index (κ1) is 31.0. The molecule has 0 bridgehead atoms. The van der Waals surface area contributed by atoms with Crippen molar-refractivity contribution in [1.29, 1.82) is 0 Å². The lowest BCUT2D eigenvalue weighted by Crippen LogP contribution is -2.58. The monoisotopic (exact) mass is 539 g/mol. The van der Waals surface area contributed by atoms with Crippen LogP contribution < -0.4 is 10.1 Å². The maximum atomic E-state index is 13.2. The summed E-state index contributed by atoms with van der Waals surface area (Å²) in [5, 5.41) is 2.70. The fourth-order valence-corrected chi connectivity index (χ4v) is 4.97. The molecule has 0 fully saturated rings. The molecule has 1 amide bonds. The van der Waals surface area contributed by atoms with Gasteiger partial charge in [-0.25, -0.2) is 9.59 Å². The number of carbonyl (C=O) groups excluding carboxylic acids is 2. The number of hydrogen-bond acceptors (Lipinski definition) is 8. The fraction of sp³-hybridized carbons (Fsp3) is 0.778. The van der Waals surface area contributed by atoms with Crippen LogP contribution in [-0.4, -0.2) is 69.9 Å². The summed E-state index contributed by atoms with van der Waals surface area (Å²) in [5.41, 5.74) is 1.20. The lowest BCUT2D eigenvalue weighted by molar-refractivity contribution is -0.947. The molecule has 3 atom stereocenters. The van der Waals surface area contributed by atoms with E-state index < -0.39 is 23.7 Å². The van der Waals surface area contributed by atoms with E-state index in [0.717, 1.165) is 48.8 Å². The number of likely N-dealkylation sites (N-methyl/N-ethyl adjacent to an activating group) is 1. The lowest BCUT2D eigenvalue weighted by atomic mass is 10.0. The van der Waals surface area contributed by atoms with Crippen molar-refractivity contribution in [1.82, 2.24) is 14.1 Å². The molecule has 1 aliphatic rings. The first-order chi connectivity index (χ1) is 17.4. The van der Waals surface area contributed by atoms with Crippen molar-refractivity contribution < 1.29 is 28.3 Å². The zero-order valence-electron chi connectivity index (χ0n) is 24.0. The number of nitrogens with zero attached hydrogens (tertiary/aromatic N) is 3. The van der Waals surface area contributed by atoms with Gasteiger partial charge in [-0.05, 0) is 33.1 Å². The van der Waals surface area contributed by atoms with E-state index in [0.29, 0.717) is 29.9 Å². The van der Waals surface area contributed by atoms with E-state index in [1.165, 1.54) is 12.8 Å². The Balaban J connectivity index is 2.08. The highest BCUT2D eigenvalue weighted by atomic mass is 32.1. The van der Waals surface area contributed by atoms with Gasteiger partial charge in [0.1, 0.15) is 23.9 Å². The topological polar surface area (TPSA) is 99.6 Å². The molecule has 0 saturated heterocycles.